The standard InChI is InChI=1S/C11H11ClF2N2O3/c1-2-15(4-3-12)11(17)8-5-7(13)6-9(10(8)14)16(18)19/h5-6H,2-4H2,1H3. The normalized spacial score (nSPS) is 10.3. The van der Waals surface area contributed by atoms with Gasteiger partial charge in [0.2, 0.25) is 5.82 Å². The van der Waals surface area contributed by atoms with Crippen molar-refractivity contribution in [1.29, 1.82) is 0 Å². The van der Waals surface area contributed by atoms with Gasteiger partial charge in [-0.3, -0.25) is 14.9 Å². The van der Waals surface area contributed by atoms with Crippen LogP contribution < -0.4 is 0 Å². The Kier molecular flexibility index (Phi) is 5.17. The summed E-state index contributed by atoms with van der Waals surface area (Å²) in [7, 11) is 0. The first-order valence-corrected chi connectivity index (χ1v) is 5.94. The molecular formula is C11H11ClF2N2O3. The van der Waals surface area contributed by atoms with E-state index in [1.165, 1.54) is 4.90 Å². The van der Waals surface area contributed by atoms with E-state index in [0.29, 0.717) is 12.1 Å². The summed E-state index contributed by atoms with van der Waals surface area (Å²) in [6, 6.07) is 1.07. The highest BCUT2D eigenvalue weighted by Gasteiger charge is 2.26. The van der Waals surface area contributed by atoms with E-state index in [1.54, 1.807) is 6.92 Å². The van der Waals surface area contributed by atoms with Gasteiger partial charge in [0.15, 0.2) is 0 Å². The number of benzene rings is 1. The molecule has 0 atom stereocenters. The van der Waals surface area contributed by atoms with Crippen LogP contribution in [0.15, 0.2) is 12.1 Å². The molecule has 8 heteroatoms. The number of nitro benzene ring substituents is 1. The molecule has 104 valence electrons. The van der Waals surface area contributed by atoms with Crippen molar-refractivity contribution < 1.29 is 18.5 Å². The lowest BCUT2D eigenvalue weighted by molar-refractivity contribution is -0.387. The quantitative estimate of drug-likeness (QED) is 0.476. The third-order valence-corrected chi connectivity index (χ3v) is 2.64. The van der Waals surface area contributed by atoms with E-state index in [2.05, 4.69) is 0 Å². The highest BCUT2D eigenvalue weighted by Crippen LogP contribution is 2.23. The van der Waals surface area contributed by atoms with Crippen molar-refractivity contribution in [3.05, 3.63) is 39.4 Å². The molecule has 0 N–H and O–H groups in total. The first-order valence-electron chi connectivity index (χ1n) is 5.41. The summed E-state index contributed by atoms with van der Waals surface area (Å²) in [5.74, 6) is -3.09. The number of nitrogens with zero attached hydrogens (tertiary/aromatic N) is 2. The average molecular weight is 293 g/mol. The summed E-state index contributed by atoms with van der Waals surface area (Å²) in [6.07, 6.45) is 0. The van der Waals surface area contributed by atoms with Crippen molar-refractivity contribution >= 4 is 23.2 Å². The zero-order chi connectivity index (χ0) is 14.6. The van der Waals surface area contributed by atoms with Crippen molar-refractivity contribution in [3.63, 3.8) is 0 Å². The minimum Gasteiger partial charge on any atom is -0.338 e. The number of nitro groups is 1. The van der Waals surface area contributed by atoms with Crippen molar-refractivity contribution in [3.8, 4) is 0 Å². The van der Waals surface area contributed by atoms with E-state index >= 15 is 0 Å². The number of hydrogen-bond donors (Lipinski definition) is 0. The molecule has 0 saturated carbocycles. The summed E-state index contributed by atoms with van der Waals surface area (Å²) in [6.45, 7) is 2.01. The topological polar surface area (TPSA) is 63.5 Å². The molecule has 0 fully saturated rings. The lowest BCUT2D eigenvalue weighted by atomic mass is 10.1. The summed E-state index contributed by atoms with van der Waals surface area (Å²) < 4.78 is 27.0. The molecule has 0 radical (unpaired) electrons. The van der Waals surface area contributed by atoms with Crippen molar-refractivity contribution in [2.45, 2.75) is 6.92 Å². The molecule has 19 heavy (non-hydrogen) atoms. The van der Waals surface area contributed by atoms with Gasteiger partial charge in [0, 0.05) is 19.0 Å². The minimum atomic E-state index is -1.34. The fourth-order valence-electron chi connectivity index (χ4n) is 1.54. The molecule has 0 aliphatic carbocycles. The number of carbonyl (C=O) groups is 1. The van der Waals surface area contributed by atoms with Crippen molar-refractivity contribution in [1.82, 2.24) is 4.90 Å². The predicted molar refractivity (Wildman–Crippen MR) is 65.3 cm³/mol. The van der Waals surface area contributed by atoms with E-state index in [-0.39, 0.29) is 19.0 Å². The van der Waals surface area contributed by atoms with E-state index < -0.39 is 33.7 Å². The SMILES string of the molecule is CCN(CCCl)C(=O)c1cc(F)cc([N+](=O)[O-])c1F. The van der Waals surface area contributed by atoms with Gasteiger partial charge in [0.1, 0.15) is 5.82 Å². The molecule has 0 bridgehead atoms. The van der Waals surface area contributed by atoms with Gasteiger partial charge < -0.3 is 4.90 Å². The van der Waals surface area contributed by atoms with Crippen LogP contribution in [0.1, 0.15) is 17.3 Å². The van der Waals surface area contributed by atoms with Crippen LogP contribution in [0, 0.1) is 21.7 Å². The Morgan fingerprint density at radius 1 is 1.47 bits per heavy atom. The molecule has 1 amide bonds. The molecule has 0 unspecified atom stereocenters. The highest BCUT2D eigenvalue weighted by atomic mass is 35.5. The molecule has 1 aromatic carbocycles. The van der Waals surface area contributed by atoms with Gasteiger partial charge in [0.05, 0.1) is 16.6 Å². The second kappa shape index (κ2) is 6.42. The van der Waals surface area contributed by atoms with E-state index in [0.717, 1.165) is 0 Å². The Hall–Kier alpha value is -1.76. The van der Waals surface area contributed by atoms with Gasteiger partial charge in [-0.25, -0.2) is 4.39 Å². The van der Waals surface area contributed by atoms with Crippen LogP contribution in [0.2, 0.25) is 0 Å². The van der Waals surface area contributed by atoms with Crippen molar-refractivity contribution in [2.75, 3.05) is 19.0 Å². The average Bonchev–Trinajstić information content (AvgIpc) is 2.37. The van der Waals surface area contributed by atoms with E-state index in [9.17, 15) is 23.7 Å². The first-order chi connectivity index (χ1) is 8.92. The maximum Gasteiger partial charge on any atom is 0.308 e. The number of halogens is 3. The van der Waals surface area contributed by atoms with Gasteiger partial charge in [-0.2, -0.15) is 4.39 Å². The molecule has 1 rings (SSSR count). The first kappa shape index (κ1) is 15.3. The Balaban J connectivity index is 3.26. The van der Waals surface area contributed by atoms with Gasteiger partial charge >= 0.3 is 5.69 Å². The Morgan fingerprint density at radius 2 is 2.11 bits per heavy atom. The van der Waals surface area contributed by atoms with Gasteiger partial charge in [-0.05, 0) is 13.0 Å². The van der Waals surface area contributed by atoms with Crippen LogP contribution >= 0.6 is 11.6 Å². The largest absolute Gasteiger partial charge is 0.338 e. The minimum absolute atomic E-state index is 0.124. The number of hydrogen-bond acceptors (Lipinski definition) is 3. The number of rotatable bonds is 5. The third-order valence-electron chi connectivity index (χ3n) is 2.47. The third kappa shape index (κ3) is 3.37. The fraction of sp³-hybridized carbons (Fsp3) is 0.364. The molecule has 0 aliphatic rings. The van der Waals surface area contributed by atoms with Gasteiger partial charge in [-0.15, -0.1) is 11.6 Å². The Labute approximate surface area is 112 Å². The van der Waals surface area contributed by atoms with Crippen LogP contribution in [0.25, 0.3) is 0 Å². The lowest BCUT2D eigenvalue weighted by Gasteiger charge is -2.19. The molecular weight excluding hydrogens is 282 g/mol. The van der Waals surface area contributed by atoms with Crippen molar-refractivity contribution in [2.24, 2.45) is 0 Å². The molecule has 5 nitrogen and oxygen atoms in total. The summed E-state index contributed by atoms with van der Waals surface area (Å²) in [5.41, 5.74) is -1.73. The summed E-state index contributed by atoms with van der Waals surface area (Å²) >= 11 is 5.49. The fourth-order valence-corrected chi connectivity index (χ4v) is 1.74. The molecule has 0 aromatic heterocycles. The smallest absolute Gasteiger partial charge is 0.308 e. The zero-order valence-electron chi connectivity index (χ0n) is 10.0. The number of carbonyl (C=O) groups excluding carboxylic acids is 1. The maximum absolute atomic E-state index is 13.8. The van der Waals surface area contributed by atoms with Crippen LogP contribution in [0.3, 0.4) is 0 Å². The van der Waals surface area contributed by atoms with Crippen LogP contribution in [0.5, 0.6) is 0 Å². The predicted octanol–water partition coefficient (Wildman–Crippen LogP) is 2.57. The van der Waals surface area contributed by atoms with E-state index in [1.807, 2.05) is 0 Å². The Morgan fingerprint density at radius 3 is 2.58 bits per heavy atom. The van der Waals surface area contributed by atoms with Gasteiger partial charge in [0.25, 0.3) is 5.91 Å². The second-order valence-electron chi connectivity index (χ2n) is 3.62. The summed E-state index contributed by atoms with van der Waals surface area (Å²) in [5, 5.41) is 10.6. The highest BCUT2D eigenvalue weighted by molar-refractivity contribution is 6.18. The maximum atomic E-state index is 13.8. The number of amides is 1. The van der Waals surface area contributed by atoms with Crippen LogP contribution in [-0.2, 0) is 0 Å². The molecule has 1 aromatic rings. The lowest BCUT2D eigenvalue weighted by Crippen LogP contribution is -2.33. The molecule has 0 heterocycles. The summed E-state index contributed by atoms with van der Waals surface area (Å²) in [4.78, 5) is 22.6. The molecule has 0 saturated heterocycles. The Bertz CT molecular complexity index is 511. The van der Waals surface area contributed by atoms with Crippen LogP contribution in [-0.4, -0.2) is 34.7 Å². The zero-order valence-corrected chi connectivity index (χ0v) is 10.8. The second-order valence-corrected chi connectivity index (χ2v) is 4.00. The van der Waals surface area contributed by atoms with Gasteiger partial charge in [-0.1, -0.05) is 0 Å². The molecule has 0 aliphatic heterocycles. The van der Waals surface area contributed by atoms with E-state index in [4.69, 9.17) is 11.6 Å². The monoisotopic (exact) mass is 292 g/mol. The number of alkyl halides is 1. The molecule has 0 spiro atoms. The van der Waals surface area contributed by atoms with Crippen LogP contribution in [0.4, 0.5) is 14.5 Å².